The molecule has 3 N–H and O–H groups in total. The maximum atomic E-state index is 8.86. The normalized spacial score (nSPS) is 25.5. The number of nitrogens with zero attached hydrogens (tertiary/aromatic N) is 1. The van der Waals surface area contributed by atoms with Gasteiger partial charge in [0.15, 0.2) is 5.11 Å². The molecule has 0 aromatic heterocycles. The first kappa shape index (κ1) is 10.1. The molecular formula is C9H17N3OS. The molecule has 80 valence electrons. The van der Waals surface area contributed by atoms with E-state index < -0.39 is 0 Å². The van der Waals surface area contributed by atoms with E-state index in [4.69, 9.17) is 17.3 Å². The fraction of sp³-hybridized carbons (Fsp3) is 0.889. The van der Waals surface area contributed by atoms with Gasteiger partial charge in [-0.1, -0.05) is 6.42 Å². The van der Waals surface area contributed by atoms with Gasteiger partial charge in [0.05, 0.1) is 13.2 Å². The van der Waals surface area contributed by atoms with Crippen LogP contribution in [0.3, 0.4) is 0 Å². The Morgan fingerprint density at radius 3 is 2.71 bits per heavy atom. The van der Waals surface area contributed by atoms with Gasteiger partial charge in [0.1, 0.15) is 5.66 Å². The summed E-state index contributed by atoms with van der Waals surface area (Å²) in [4.78, 5) is 0. The number of thiocarbonyl (C=S) groups is 1. The van der Waals surface area contributed by atoms with Crippen LogP contribution in [0.1, 0.15) is 32.1 Å². The van der Waals surface area contributed by atoms with Crippen molar-refractivity contribution in [3.05, 3.63) is 0 Å². The lowest BCUT2D eigenvalue weighted by Crippen LogP contribution is -2.52. The molecule has 0 amide bonds. The quantitative estimate of drug-likeness (QED) is 0.580. The van der Waals surface area contributed by atoms with Gasteiger partial charge >= 0.3 is 0 Å². The smallest absolute Gasteiger partial charge is 0.185 e. The van der Waals surface area contributed by atoms with Crippen LogP contribution < -0.4 is 10.7 Å². The molecule has 4 nitrogen and oxygen atoms in total. The zero-order chi connectivity index (χ0) is 10.0. The van der Waals surface area contributed by atoms with Crippen molar-refractivity contribution in [1.82, 2.24) is 15.8 Å². The summed E-state index contributed by atoms with van der Waals surface area (Å²) in [7, 11) is 0. The Kier molecular flexibility index (Phi) is 2.90. The van der Waals surface area contributed by atoms with Crippen LogP contribution in [0, 0.1) is 0 Å². The summed E-state index contributed by atoms with van der Waals surface area (Å²) in [5, 5.41) is 14.8. The zero-order valence-electron chi connectivity index (χ0n) is 8.25. The molecule has 0 atom stereocenters. The third-order valence-electron chi connectivity index (χ3n) is 2.97. The maximum absolute atomic E-state index is 8.86. The fourth-order valence-electron chi connectivity index (χ4n) is 2.26. The van der Waals surface area contributed by atoms with Crippen molar-refractivity contribution in [2.24, 2.45) is 0 Å². The molecule has 1 heterocycles. The number of hydrogen-bond acceptors (Lipinski definition) is 3. The lowest BCUT2D eigenvalue weighted by molar-refractivity contribution is 0.146. The average molecular weight is 215 g/mol. The minimum atomic E-state index is -0.00942. The van der Waals surface area contributed by atoms with E-state index >= 15 is 0 Å². The van der Waals surface area contributed by atoms with Gasteiger partial charge in [-0.15, -0.1) is 0 Å². The summed E-state index contributed by atoms with van der Waals surface area (Å²) in [6.07, 6.45) is 6.05. The molecule has 0 radical (unpaired) electrons. The second-order valence-corrected chi connectivity index (χ2v) is 4.45. The van der Waals surface area contributed by atoms with E-state index in [2.05, 4.69) is 10.7 Å². The van der Waals surface area contributed by atoms with E-state index in [-0.39, 0.29) is 12.3 Å². The van der Waals surface area contributed by atoms with Gasteiger partial charge in [0.2, 0.25) is 0 Å². The first-order chi connectivity index (χ1) is 6.76. The topological polar surface area (TPSA) is 47.5 Å². The number of aliphatic hydroxyl groups is 1. The van der Waals surface area contributed by atoms with Crippen LogP contribution in [-0.4, -0.2) is 34.0 Å². The highest BCUT2D eigenvalue weighted by Crippen LogP contribution is 2.28. The molecule has 1 spiro atoms. The minimum absolute atomic E-state index is 0.00942. The van der Waals surface area contributed by atoms with Gasteiger partial charge < -0.3 is 10.4 Å². The van der Waals surface area contributed by atoms with Crippen molar-refractivity contribution in [3.63, 3.8) is 0 Å². The van der Waals surface area contributed by atoms with Crippen LogP contribution in [0.2, 0.25) is 0 Å². The van der Waals surface area contributed by atoms with E-state index in [1.807, 2.05) is 5.01 Å². The number of hydrogen-bond donors (Lipinski definition) is 3. The van der Waals surface area contributed by atoms with Gasteiger partial charge in [0.25, 0.3) is 0 Å². The van der Waals surface area contributed by atoms with Crippen molar-refractivity contribution in [2.75, 3.05) is 13.2 Å². The van der Waals surface area contributed by atoms with Crippen LogP contribution in [0.5, 0.6) is 0 Å². The summed E-state index contributed by atoms with van der Waals surface area (Å²) < 4.78 is 0. The van der Waals surface area contributed by atoms with Crippen LogP contribution in [0.15, 0.2) is 0 Å². The van der Waals surface area contributed by atoms with E-state index in [1.54, 1.807) is 0 Å². The molecule has 1 saturated heterocycles. The summed E-state index contributed by atoms with van der Waals surface area (Å²) in [5.41, 5.74) is 3.37. The Hall–Kier alpha value is -0.390. The predicted octanol–water partition coefficient (Wildman–Crippen LogP) is 0.334. The van der Waals surface area contributed by atoms with Crippen LogP contribution in [-0.2, 0) is 0 Å². The van der Waals surface area contributed by atoms with Crippen molar-refractivity contribution < 1.29 is 5.11 Å². The standard InChI is InChI=1S/C9H17N3OS/c13-7-6-12-8(14)10-9(11-12)4-2-1-3-5-9/h11,13H,1-7H2,(H,10,14). The largest absolute Gasteiger partial charge is 0.394 e. The average Bonchev–Trinajstić information content (AvgIpc) is 2.45. The highest BCUT2D eigenvalue weighted by molar-refractivity contribution is 7.80. The van der Waals surface area contributed by atoms with Crippen molar-refractivity contribution in [2.45, 2.75) is 37.8 Å². The third kappa shape index (κ3) is 1.85. The number of hydrazine groups is 1. The Morgan fingerprint density at radius 1 is 1.36 bits per heavy atom. The maximum Gasteiger partial charge on any atom is 0.185 e. The van der Waals surface area contributed by atoms with Crippen molar-refractivity contribution >= 4 is 17.3 Å². The summed E-state index contributed by atoms with van der Waals surface area (Å²) in [5.74, 6) is 0. The highest BCUT2D eigenvalue weighted by atomic mass is 32.1. The molecule has 14 heavy (non-hydrogen) atoms. The van der Waals surface area contributed by atoms with E-state index in [1.165, 1.54) is 19.3 Å². The first-order valence-corrected chi connectivity index (χ1v) is 5.65. The van der Waals surface area contributed by atoms with Crippen LogP contribution in [0.25, 0.3) is 0 Å². The van der Waals surface area contributed by atoms with Gasteiger partial charge in [-0.25, -0.2) is 5.43 Å². The Balaban J connectivity index is 1.99. The number of β-amino-alcohol motifs (C(OH)–C–C–N with tert-alkyl or cyclic N) is 1. The monoisotopic (exact) mass is 215 g/mol. The summed E-state index contributed by atoms with van der Waals surface area (Å²) in [6.45, 7) is 0.693. The molecule has 1 aliphatic carbocycles. The second-order valence-electron chi connectivity index (χ2n) is 4.06. The molecular weight excluding hydrogens is 198 g/mol. The zero-order valence-corrected chi connectivity index (χ0v) is 9.07. The van der Waals surface area contributed by atoms with Gasteiger partial charge in [0, 0.05) is 0 Å². The predicted molar refractivity (Wildman–Crippen MR) is 58.5 cm³/mol. The van der Waals surface area contributed by atoms with Gasteiger partial charge in [-0.2, -0.15) is 0 Å². The summed E-state index contributed by atoms with van der Waals surface area (Å²) in [6, 6.07) is 0. The molecule has 0 aromatic rings. The minimum Gasteiger partial charge on any atom is -0.394 e. The Morgan fingerprint density at radius 2 is 2.07 bits per heavy atom. The third-order valence-corrected chi connectivity index (χ3v) is 3.29. The van der Waals surface area contributed by atoms with E-state index in [9.17, 15) is 0 Å². The number of nitrogens with one attached hydrogen (secondary N) is 2. The number of rotatable bonds is 2. The Bertz CT molecular complexity index is 228. The fourth-order valence-corrected chi connectivity index (χ4v) is 2.59. The van der Waals surface area contributed by atoms with Gasteiger partial charge in [-0.3, -0.25) is 5.01 Å². The number of aliphatic hydroxyl groups excluding tert-OH is 1. The Labute approximate surface area is 89.6 Å². The molecule has 2 rings (SSSR count). The molecule has 0 bridgehead atoms. The molecule has 0 unspecified atom stereocenters. The lowest BCUT2D eigenvalue weighted by atomic mass is 9.90. The first-order valence-electron chi connectivity index (χ1n) is 5.24. The molecule has 1 aliphatic heterocycles. The SMILES string of the molecule is OCCN1NC2(CCCCC2)NC1=S. The highest BCUT2D eigenvalue weighted by Gasteiger charge is 2.40. The molecule has 5 heteroatoms. The lowest BCUT2D eigenvalue weighted by Gasteiger charge is -2.33. The van der Waals surface area contributed by atoms with Gasteiger partial charge in [-0.05, 0) is 37.9 Å². The van der Waals surface area contributed by atoms with Crippen molar-refractivity contribution in [3.8, 4) is 0 Å². The van der Waals surface area contributed by atoms with Crippen LogP contribution in [0.4, 0.5) is 0 Å². The van der Waals surface area contributed by atoms with E-state index in [0.717, 1.165) is 18.0 Å². The van der Waals surface area contributed by atoms with Crippen LogP contribution >= 0.6 is 12.2 Å². The van der Waals surface area contributed by atoms with Crippen molar-refractivity contribution in [1.29, 1.82) is 0 Å². The molecule has 1 saturated carbocycles. The molecule has 2 aliphatic rings. The summed E-state index contributed by atoms with van der Waals surface area (Å²) >= 11 is 5.20. The molecule has 2 fully saturated rings. The second kappa shape index (κ2) is 4.00. The molecule has 0 aromatic carbocycles. The van der Waals surface area contributed by atoms with E-state index in [0.29, 0.717) is 6.54 Å².